The summed E-state index contributed by atoms with van der Waals surface area (Å²) in [5, 5.41) is 0. The highest BCUT2D eigenvalue weighted by Crippen LogP contribution is 2.32. The molecule has 28 heavy (non-hydrogen) atoms. The number of carbonyl (C=O) groups excluding carboxylic acids is 2. The van der Waals surface area contributed by atoms with Crippen LogP contribution in [0.15, 0.2) is 60.7 Å². The number of thiophene rings is 1. The highest BCUT2D eigenvalue weighted by atomic mass is 32.1. The zero-order valence-electron chi connectivity index (χ0n) is 15.8. The number of ketones is 1. The molecule has 0 bridgehead atoms. The van der Waals surface area contributed by atoms with Gasteiger partial charge in [0.2, 0.25) is 0 Å². The molecule has 0 amide bonds. The molecule has 1 atom stereocenters. The minimum absolute atomic E-state index is 0.192. The second-order valence-electron chi connectivity index (χ2n) is 7.35. The van der Waals surface area contributed by atoms with Gasteiger partial charge in [0.05, 0.1) is 0 Å². The van der Waals surface area contributed by atoms with E-state index in [0.717, 1.165) is 24.0 Å². The Balaban J connectivity index is 1.37. The molecule has 2 aromatic carbocycles. The van der Waals surface area contributed by atoms with Crippen LogP contribution in [0.5, 0.6) is 0 Å². The Morgan fingerprint density at radius 1 is 1.04 bits per heavy atom. The summed E-state index contributed by atoms with van der Waals surface area (Å²) in [6.07, 6.45) is 3.21. The van der Waals surface area contributed by atoms with Gasteiger partial charge in [-0.3, -0.25) is 4.79 Å². The zero-order chi connectivity index (χ0) is 19.5. The molecule has 1 aliphatic rings. The van der Waals surface area contributed by atoms with Crippen molar-refractivity contribution in [2.24, 2.45) is 5.92 Å². The molecule has 3 aromatic rings. The molecule has 0 unspecified atom stereocenters. The third-order valence-corrected chi connectivity index (χ3v) is 6.40. The zero-order valence-corrected chi connectivity index (χ0v) is 16.6. The van der Waals surface area contributed by atoms with Gasteiger partial charge in [-0.15, -0.1) is 11.3 Å². The number of carbonyl (C=O) groups is 2. The lowest BCUT2D eigenvalue weighted by Gasteiger charge is -2.16. The Kier molecular flexibility index (Phi) is 5.40. The van der Waals surface area contributed by atoms with E-state index in [1.807, 2.05) is 48.5 Å². The van der Waals surface area contributed by atoms with Crippen molar-refractivity contribution in [2.75, 3.05) is 6.61 Å². The van der Waals surface area contributed by atoms with Gasteiger partial charge in [-0.25, -0.2) is 4.79 Å². The minimum Gasteiger partial charge on any atom is -0.453 e. The molecule has 0 saturated heterocycles. The maximum atomic E-state index is 12.4. The second kappa shape index (κ2) is 8.11. The van der Waals surface area contributed by atoms with Gasteiger partial charge in [-0.05, 0) is 47.9 Å². The number of hydrogen-bond acceptors (Lipinski definition) is 4. The highest BCUT2D eigenvalue weighted by molar-refractivity contribution is 7.14. The average molecular weight is 391 g/mol. The van der Waals surface area contributed by atoms with E-state index in [9.17, 15) is 9.59 Å². The lowest BCUT2D eigenvalue weighted by molar-refractivity contribution is 0.0479. The van der Waals surface area contributed by atoms with Crippen LogP contribution in [0.4, 0.5) is 0 Å². The number of ether oxygens (including phenoxy) is 1. The van der Waals surface area contributed by atoms with Crippen LogP contribution in [0.2, 0.25) is 0 Å². The van der Waals surface area contributed by atoms with E-state index < -0.39 is 5.97 Å². The third-order valence-electron chi connectivity index (χ3n) is 5.18. The summed E-state index contributed by atoms with van der Waals surface area (Å²) in [5.41, 5.74) is 3.96. The van der Waals surface area contributed by atoms with E-state index in [1.165, 1.54) is 28.2 Å². The lowest BCUT2D eigenvalue weighted by atomic mass is 9.90. The quantitative estimate of drug-likeness (QED) is 0.422. The molecule has 4 heteroatoms. The largest absolute Gasteiger partial charge is 0.453 e. The molecule has 1 aliphatic carbocycles. The summed E-state index contributed by atoms with van der Waals surface area (Å²) >= 11 is 1.51. The predicted octanol–water partition coefficient (Wildman–Crippen LogP) is 5.58. The van der Waals surface area contributed by atoms with Gasteiger partial charge in [0, 0.05) is 10.4 Å². The van der Waals surface area contributed by atoms with E-state index in [0.29, 0.717) is 16.4 Å². The molecule has 0 spiro atoms. The number of rotatable bonds is 5. The third kappa shape index (κ3) is 4.07. The summed E-state index contributed by atoms with van der Waals surface area (Å²) in [4.78, 5) is 26.6. The number of aryl methyl sites for hydroxylation is 1. The van der Waals surface area contributed by atoms with Gasteiger partial charge in [0.1, 0.15) is 4.88 Å². The lowest BCUT2D eigenvalue weighted by Crippen LogP contribution is -2.13. The fraction of sp³-hybridized carbons (Fsp3) is 0.250. The molecule has 142 valence electrons. The van der Waals surface area contributed by atoms with Crippen LogP contribution >= 0.6 is 11.3 Å². The molecule has 0 saturated carbocycles. The van der Waals surface area contributed by atoms with E-state index in [1.54, 1.807) is 12.1 Å². The molecule has 0 fully saturated rings. The fourth-order valence-corrected chi connectivity index (χ4v) is 4.67. The number of Topliss-reactive ketones (excluding diaryl/α,β-unsaturated/α-hetero) is 1. The van der Waals surface area contributed by atoms with Crippen LogP contribution in [0.1, 0.15) is 43.8 Å². The SMILES string of the molecule is C[C@H]1CCc2sc(C(=O)OCC(=O)c3ccc(-c4ccccc4)cc3)cc2C1. The topological polar surface area (TPSA) is 43.4 Å². The predicted molar refractivity (Wildman–Crippen MR) is 112 cm³/mol. The number of fused-ring (bicyclic) bond motifs is 1. The van der Waals surface area contributed by atoms with Gasteiger partial charge in [-0.1, -0.05) is 61.5 Å². The molecular formula is C24H22O3S. The maximum absolute atomic E-state index is 12.4. The van der Waals surface area contributed by atoms with Crippen molar-refractivity contribution in [3.8, 4) is 11.1 Å². The maximum Gasteiger partial charge on any atom is 0.348 e. The second-order valence-corrected chi connectivity index (χ2v) is 8.49. The van der Waals surface area contributed by atoms with Crippen molar-refractivity contribution in [1.82, 2.24) is 0 Å². The molecule has 1 aromatic heterocycles. The van der Waals surface area contributed by atoms with Gasteiger partial charge in [0.15, 0.2) is 12.4 Å². The summed E-state index contributed by atoms with van der Waals surface area (Å²) in [6.45, 7) is 2.00. The van der Waals surface area contributed by atoms with E-state index >= 15 is 0 Å². The van der Waals surface area contributed by atoms with Crippen LogP contribution in [0, 0.1) is 5.92 Å². The van der Waals surface area contributed by atoms with Crippen LogP contribution in [0.3, 0.4) is 0 Å². The Morgan fingerprint density at radius 2 is 1.75 bits per heavy atom. The smallest absolute Gasteiger partial charge is 0.348 e. The van der Waals surface area contributed by atoms with Crippen LogP contribution in [0.25, 0.3) is 11.1 Å². The molecule has 3 nitrogen and oxygen atoms in total. The first-order valence-corrected chi connectivity index (χ1v) is 10.4. The van der Waals surface area contributed by atoms with E-state index in [4.69, 9.17) is 4.74 Å². The van der Waals surface area contributed by atoms with Gasteiger partial charge >= 0.3 is 5.97 Å². The first-order chi connectivity index (χ1) is 13.6. The highest BCUT2D eigenvalue weighted by Gasteiger charge is 2.22. The summed E-state index contributed by atoms with van der Waals surface area (Å²) in [6, 6.07) is 19.3. The van der Waals surface area contributed by atoms with Crippen molar-refractivity contribution in [3.63, 3.8) is 0 Å². The number of benzene rings is 2. The van der Waals surface area contributed by atoms with Crippen molar-refractivity contribution in [2.45, 2.75) is 26.2 Å². The van der Waals surface area contributed by atoms with Gasteiger partial charge < -0.3 is 4.74 Å². The first-order valence-electron chi connectivity index (χ1n) is 9.57. The Labute approximate surface area is 169 Å². The summed E-state index contributed by atoms with van der Waals surface area (Å²) < 4.78 is 5.29. The number of esters is 1. The van der Waals surface area contributed by atoms with Crippen molar-refractivity contribution in [3.05, 3.63) is 81.5 Å². The molecule has 4 rings (SSSR count). The van der Waals surface area contributed by atoms with Crippen molar-refractivity contribution in [1.29, 1.82) is 0 Å². The summed E-state index contributed by atoms with van der Waals surface area (Å²) in [7, 11) is 0. The van der Waals surface area contributed by atoms with Crippen molar-refractivity contribution < 1.29 is 14.3 Å². The van der Waals surface area contributed by atoms with Gasteiger partial charge in [-0.2, -0.15) is 0 Å². The average Bonchev–Trinajstić information content (AvgIpc) is 3.16. The molecule has 0 N–H and O–H groups in total. The number of hydrogen-bond donors (Lipinski definition) is 0. The van der Waals surface area contributed by atoms with Crippen LogP contribution < -0.4 is 0 Å². The summed E-state index contributed by atoms with van der Waals surface area (Å²) in [5.74, 6) is 0.0654. The Hall–Kier alpha value is -2.72. The molecule has 0 radical (unpaired) electrons. The molecule has 0 aliphatic heterocycles. The monoisotopic (exact) mass is 390 g/mol. The normalized spacial score (nSPS) is 15.7. The first kappa shape index (κ1) is 18.6. The van der Waals surface area contributed by atoms with Crippen molar-refractivity contribution >= 4 is 23.1 Å². The molecule has 1 heterocycles. The Bertz CT molecular complexity index is 986. The molecular weight excluding hydrogens is 368 g/mol. The minimum atomic E-state index is -0.402. The van der Waals surface area contributed by atoms with Gasteiger partial charge in [0.25, 0.3) is 0 Å². The van der Waals surface area contributed by atoms with Crippen LogP contribution in [-0.2, 0) is 17.6 Å². The van der Waals surface area contributed by atoms with E-state index in [2.05, 4.69) is 6.92 Å². The fourth-order valence-electron chi connectivity index (χ4n) is 3.57. The Morgan fingerprint density at radius 3 is 2.50 bits per heavy atom. The standard InChI is InChI=1S/C24H22O3S/c1-16-7-12-22-20(13-16)14-23(28-22)24(26)27-15-21(25)19-10-8-18(9-11-19)17-5-3-2-4-6-17/h2-6,8-11,14,16H,7,12-13,15H2,1H3/t16-/m0/s1. The van der Waals surface area contributed by atoms with Crippen LogP contribution in [-0.4, -0.2) is 18.4 Å². The van der Waals surface area contributed by atoms with E-state index in [-0.39, 0.29) is 12.4 Å².